The van der Waals surface area contributed by atoms with Crippen LogP contribution in [0.1, 0.15) is 111 Å². The first kappa shape index (κ1) is 48.0. The van der Waals surface area contributed by atoms with Crippen molar-refractivity contribution in [1.82, 2.24) is 19.6 Å². The van der Waals surface area contributed by atoms with Gasteiger partial charge in [-0.25, -0.2) is 13.1 Å². The zero-order chi connectivity index (χ0) is 49.2. The Bertz CT molecular complexity index is 2910. The molecule has 0 radical (unpaired) electrons. The minimum atomic E-state index is -4.62. The van der Waals surface area contributed by atoms with Crippen LogP contribution in [0.15, 0.2) is 71.1 Å². The predicted octanol–water partition coefficient (Wildman–Crippen LogP) is 8.64. The monoisotopic (exact) mass is 1010 g/mol. The first-order chi connectivity index (χ1) is 34.1. The summed E-state index contributed by atoms with van der Waals surface area (Å²) >= 11 is 1.86. The largest absolute Gasteiger partial charge is 0.468 e. The molecule has 6 aliphatic rings. The van der Waals surface area contributed by atoms with Gasteiger partial charge in [0.2, 0.25) is 5.88 Å². The molecule has 71 heavy (non-hydrogen) atoms. The third-order valence-corrected chi connectivity index (χ3v) is 18.7. The Morgan fingerprint density at radius 3 is 2.55 bits per heavy atom. The predicted molar refractivity (Wildman–Crippen MR) is 273 cm³/mol. The number of piperidine rings is 1. The van der Waals surface area contributed by atoms with Gasteiger partial charge >= 0.3 is 0 Å². The second kappa shape index (κ2) is 18.9. The summed E-state index contributed by atoms with van der Waals surface area (Å²) in [5, 5.41) is 29.0. The van der Waals surface area contributed by atoms with E-state index in [9.17, 15) is 28.4 Å². The Morgan fingerprint density at radius 1 is 0.986 bits per heavy atom. The first-order valence-electron chi connectivity index (χ1n) is 25.3. The number of nitrogens with zero attached hydrogens (tertiary/aromatic N) is 5. The molecule has 0 bridgehead atoms. The number of aromatic amines is 1. The molecule has 4 N–H and O–H groups in total. The van der Waals surface area contributed by atoms with Crippen LogP contribution >= 0.6 is 11.3 Å². The normalized spacial score (nSPS) is 25.9. The van der Waals surface area contributed by atoms with Crippen molar-refractivity contribution in [3.63, 3.8) is 0 Å². The molecule has 7 heterocycles. The van der Waals surface area contributed by atoms with Crippen molar-refractivity contribution < 1.29 is 37.5 Å². The molecule has 3 atom stereocenters. The van der Waals surface area contributed by atoms with E-state index >= 15 is 0 Å². The standard InChI is InChI=1S/C52H64N8O9S2/c1-32(2)38-12-23-70-47(38)45-30-68-22-20-58(45)36-27-52(28-36)15-18-57(19-16-52)35-4-6-39(42(25-35)59-41-11-21-67-31-46(41)69-50-44(59)24-34-10-17-53-48(34)55-50)49(61)56-71(65,66)37-5-7-40(43(26-37)60(63)64)54-29-33-8-13-51(3,62)14-9-33/h4-7,10,12,17,23-26,32-33,36,41,45-46,54,62H,8-9,11,13-16,18-22,27-31H2,1-3H3,(H,53,55)(H,56,61)/t33-,41-,45-,46-,51-/m0/s1. The number of thiophene rings is 1. The summed E-state index contributed by atoms with van der Waals surface area (Å²) in [6.07, 6.45) is 9.13. The Labute approximate surface area is 418 Å². The SMILES string of the molecule is CC(C)c1ccsc1[C@@H]1COCCN1C1CC2(CCN(c3ccc(C(=O)NS(=O)(=O)c4ccc(NC[C@H]5CC[C@](C)(O)CC5)c([N+](=O)[O-])c4)c(N4c5cc6cc[nH]c6nc5O[C@H]5COCC[C@@H]54)c3)CC2)C1. The number of H-pyrrole nitrogens is 1. The smallest absolute Gasteiger partial charge is 0.293 e. The van der Waals surface area contributed by atoms with Crippen LogP contribution in [0.3, 0.4) is 0 Å². The van der Waals surface area contributed by atoms with Crippen LogP contribution in [0.4, 0.5) is 28.4 Å². The van der Waals surface area contributed by atoms with Gasteiger partial charge in [0.25, 0.3) is 21.6 Å². The quantitative estimate of drug-likeness (QED) is 0.0683. The number of anilines is 4. The number of ether oxygens (including phenoxy) is 3. The number of fused-ring (bicyclic) bond motifs is 3. The number of hydrogen-bond donors (Lipinski definition) is 4. The van der Waals surface area contributed by atoms with E-state index in [0.29, 0.717) is 73.9 Å². The van der Waals surface area contributed by atoms with Gasteiger partial charge in [-0.3, -0.25) is 19.8 Å². The van der Waals surface area contributed by atoms with Gasteiger partial charge in [0.1, 0.15) is 23.1 Å². The van der Waals surface area contributed by atoms with Crippen molar-refractivity contribution in [3.05, 3.63) is 92.3 Å². The summed E-state index contributed by atoms with van der Waals surface area (Å²) < 4.78 is 49.1. The van der Waals surface area contributed by atoms with E-state index in [1.165, 1.54) is 22.6 Å². The Balaban J connectivity index is 0.865. The van der Waals surface area contributed by atoms with Crippen molar-refractivity contribution in [2.45, 2.75) is 119 Å². The van der Waals surface area contributed by atoms with Crippen molar-refractivity contribution in [2.75, 3.05) is 67.7 Å². The number of nitrogens with one attached hydrogen (secondary N) is 3. The topological polar surface area (TPSA) is 205 Å². The number of pyridine rings is 1. The zero-order valence-corrected chi connectivity index (χ0v) is 42.2. The van der Waals surface area contributed by atoms with Crippen molar-refractivity contribution in [1.29, 1.82) is 0 Å². The zero-order valence-electron chi connectivity index (χ0n) is 40.6. The van der Waals surface area contributed by atoms with Gasteiger partial charge in [-0.05, 0) is 141 Å². The lowest BCUT2D eigenvalue weighted by atomic mass is 9.59. The molecule has 0 unspecified atom stereocenters. The van der Waals surface area contributed by atoms with Gasteiger partial charge in [0.05, 0.1) is 58.6 Å². The van der Waals surface area contributed by atoms with E-state index in [-0.39, 0.29) is 34.7 Å². The molecule has 17 nitrogen and oxygen atoms in total. The summed E-state index contributed by atoms with van der Waals surface area (Å²) in [5.41, 5.74) is 3.55. The number of sulfonamides is 1. The molecule has 3 aromatic heterocycles. The number of aromatic nitrogens is 2. The maximum absolute atomic E-state index is 14.7. The third-order valence-electron chi connectivity index (χ3n) is 16.4. The fourth-order valence-corrected chi connectivity index (χ4v) is 14.4. The molecule has 19 heteroatoms. The van der Waals surface area contributed by atoms with Gasteiger partial charge in [-0.1, -0.05) is 13.8 Å². The highest BCUT2D eigenvalue weighted by molar-refractivity contribution is 7.90. The molecular formula is C52H64N8O9S2. The van der Waals surface area contributed by atoms with Gasteiger partial charge < -0.3 is 39.4 Å². The van der Waals surface area contributed by atoms with Crippen LogP contribution in [-0.4, -0.2) is 116 Å². The molecule has 378 valence electrons. The number of carbonyl (C=O) groups is 1. The van der Waals surface area contributed by atoms with E-state index in [4.69, 9.17) is 19.2 Å². The summed E-state index contributed by atoms with van der Waals surface area (Å²) in [4.78, 5) is 42.7. The van der Waals surface area contributed by atoms with Gasteiger partial charge in [-0.15, -0.1) is 11.3 Å². The lowest BCUT2D eigenvalue weighted by Gasteiger charge is -2.57. The summed E-state index contributed by atoms with van der Waals surface area (Å²) in [6.45, 7) is 11.7. The van der Waals surface area contributed by atoms with Gasteiger partial charge in [0, 0.05) is 67.0 Å². The average molecular weight is 1010 g/mol. The van der Waals surface area contributed by atoms with E-state index < -0.39 is 43.1 Å². The van der Waals surface area contributed by atoms with Crippen LogP contribution in [0, 0.1) is 21.4 Å². The van der Waals surface area contributed by atoms with Crippen LogP contribution in [-0.2, 0) is 19.5 Å². The summed E-state index contributed by atoms with van der Waals surface area (Å²) in [6, 6.07) is 15.9. The number of benzene rings is 2. The number of carbonyl (C=O) groups excluding carboxylic acids is 1. The maximum Gasteiger partial charge on any atom is 0.293 e. The van der Waals surface area contributed by atoms with Crippen molar-refractivity contribution in [3.8, 4) is 5.88 Å². The number of aliphatic hydroxyl groups is 1. The van der Waals surface area contributed by atoms with E-state index in [1.54, 1.807) is 6.07 Å². The van der Waals surface area contributed by atoms with Crippen molar-refractivity contribution in [2.24, 2.45) is 11.3 Å². The lowest BCUT2D eigenvalue weighted by Crippen LogP contribution is -2.57. The van der Waals surface area contributed by atoms with E-state index in [2.05, 4.69) is 55.0 Å². The molecule has 2 saturated carbocycles. The highest BCUT2D eigenvalue weighted by Crippen LogP contribution is 2.54. The second-order valence-corrected chi connectivity index (χ2v) is 24.0. The number of nitro benzene ring substituents is 1. The number of amides is 1. The minimum absolute atomic E-state index is 0.116. The van der Waals surface area contributed by atoms with Gasteiger partial charge in [-0.2, -0.15) is 4.98 Å². The fourth-order valence-electron chi connectivity index (χ4n) is 12.2. The Hall–Kier alpha value is -5.31. The molecule has 1 amide bonds. The Morgan fingerprint density at radius 2 is 1.77 bits per heavy atom. The molecule has 5 fully saturated rings. The van der Waals surface area contributed by atoms with Crippen LogP contribution in [0.2, 0.25) is 0 Å². The first-order valence-corrected chi connectivity index (χ1v) is 27.6. The van der Waals surface area contributed by atoms with Crippen molar-refractivity contribution >= 4 is 66.7 Å². The van der Waals surface area contributed by atoms with Crippen LogP contribution in [0.25, 0.3) is 11.0 Å². The van der Waals surface area contributed by atoms with Crippen LogP contribution < -0.4 is 24.6 Å². The lowest BCUT2D eigenvalue weighted by molar-refractivity contribution is -0.384. The molecule has 2 aromatic carbocycles. The highest BCUT2D eigenvalue weighted by atomic mass is 32.2. The molecule has 1 spiro atoms. The molecular weight excluding hydrogens is 945 g/mol. The average Bonchev–Trinajstić information content (AvgIpc) is 4.04. The van der Waals surface area contributed by atoms with Crippen LogP contribution in [0.5, 0.6) is 5.88 Å². The summed E-state index contributed by atoms with van der Waals surface area (Å²) in [5.74, 6) is 0.158. The molecule has 2 aliphatic carbocycles. The molecule has 4 aliphatic heterocycles. The highest BCUT2D eigenvalue weighted by Gasteiger charge is 2.50. The number of nitro groups is 1. The molecule has 11 rings (SSSR count). The maximum atomic E-state index is 14.7. The molecule has 3 saturated heterocycles. The van der Waals surface area contributed by atoms with E-state index in [0.717, 1.165) is 88.5 Å². The molecule has 5 aromatic rings. The Kier molecular flexibility index (Phi) is 12.8. The minimum Gasteiger partial charge on any atom is -0.468 e. The number of hydrogen-bond acceptors (Lipinski definition) is 15. The van der Waals surface area contributed by atoms with Gasteiger partial charge in [0.15, 0.2) is 0 Å². The second-order valence-electron chi connectivity index (χ2n) is 21.4. The number of rotatable bonds is 12. The third kappa shape index (κ3) is 9.37. The summed E-state index contributed by atoms with van der Waals surface area (Å²) in [7, 11) is -4.62. The van der Waals surface area contributed by atoms with E-state index in [1.807, 2.05) is 48.7 Å². The number of morpholine rings is 1. The fraction of sp³-hybridized carbons (Fsp3) is 0.538.